The highest BCUT2D eigenvalue weighted by atomic mass is 16.5. The smallest absolute Gasteiger partial charge is 0.161 e. The van der Waals surface area contributed by atoms with Gasteiger partial charge in [-0.15, -0.1) is 0 Å². The summed E-state index contributed by atoms with van der Waals surface area (Å²) in [6, 6.07) is 6.18. The molecule has 0 unspecified atom stereocenters. The van der Waals surface area contributed by atoms with Gasteiger partial charge in [-0.1, -0.05) is 6.07 Å². The van der Waals surface area contributed by atoms with Crippen LogP contribution in [-0.4, -0.2) is 56.0 Å². The Morgan fingerprint density at radius 2 is 1.74 bits per heavy atom. The third-order valence-corrected chi connectivity index (χ3v) is 8.46. The molecular formula is C26H40N2O3. The molecule has 1 saturated heterocycles. The van der Waals surface area contributed by atoms with Gasteiger partial charge in [-0.05, 0) is 112 Å². The van der Waals surface area contributed by atoms with Crippen molar-refractivity contribution in [1.82, 2.24) is 10.2 Å². The van der Waals surface area contributed by atoms with Gasteiger partial charge in [0.25, 0.3) is 0 Å². The van der Waals surface area contributed by atoms with E-state index in [0.29, 0.717) is 13.2 Å². The second kappa shape index (κ2) is 9.68. The molecule has 5 fully saturated rings. The molecule has 1 aromatic rings. The van der Waals surface area contributed by atoms with Crippen molar-refractivity contribution in [3.63, 3.8) is 0 Å². The molecule has 1 heterocycles. The summed E-state index contributed by atoms with van der Waals surface area (Å²) in [5.41, 5.74) is 1.22. The van der Waals surface area contributed by atoms with Gasteiger partial charge in [0.1, 0.15) is 12.7 Å². The van der Waals surface area contributed by atoms with E-state index in [1.807, 2.05) is 6.07 Å². The highest BCUT2D eigenvalue weighted by molar-refractivity contribution is 5.43. The molecule has 1 aliphatic heterocycles. The Morgan fingerprint density at radius 3 is 2.42 bits per heavy atom. The van der Waals surface area contributed by atoms with Crippen molar-refractivity contribution in [3.8, 4) is 11.5 Å². The molecule has 0 radical (unpaired) electrons. The standard InChI is InChI=1S/C26H40N2O3/c1-30-25-5-4-18(13-26(25)31-17-23(29)16-28-6-2-3-7-28)14-27-15-24-21-9-19-8-20(11-21)12-22(24)10-19/h4-5,13,19-24,27,29H,2-3,6-12,14-17H2,1H3/t19?,20?,21?,22?,23-,24?/m0/s1. The van der Waals surface area contributed by atoms with Crippen LogP contribution in [0.5, 0.6) is 11.5 Å². The number of likely N-dealkylation sites (tertiary alicyclic amines) is 1. The highest BCUT2D eigenvalue weighted by Gasteiger charge is 2.47. The second-order valence-electron chi connectivity index (χ2n) is 10.7. The maximum Gasteiger partial charge on any atom is 0.161 e. The summed E-state index contributed by atoms with van der Waals surface area (Å²) in [4.78, 5) is 2.32. The zero-order valence-corrected chi connectivity index (χ0v) is 19.1. The maximum absolute atomic E-state index is 10.4. The van der Waals surface area contributed by atoms with Crippen molar-refractivity contribution in [3.05, 3.63) is 23.8 Å². The summed E-state index contributed by atoms with van der Waals surface area (Å²) in [6.45, 7) is 5.18. The average molecular weight is 429 g/mol. The van der Waals surface area contributed by atoms with Crippen molar-refractivity contribution >= 4 is 0 Å². The first-order valence-corrected chi connectivity index (χ1v) is 12.6. The molecule has 31 heavy (non-hydrogen) atoms. The first kappa shape index (κ1) is 21.5. The molecule has 4 saturated carbocycles. The van der Waals surface area contributed by atoms with Crippen LogP contribution in [0.2, 0.25) is 0 Å². The number of ether oxygens (including phenoxy) is 2. The summed E-state index contributed by atoms with van der Waals surface area (Å²) in [6.07, 6.45) is 9.47. The molecule has 5 nitrogen and oxygen atoms in total. The lowest BCUT2D eigenvalue weighted by atomic mass is 9.52. The number of hydrogen-bond acceptors (Lipinski definition) is 5. The largest absolute Gasteiger partial charge is 0.493 e. The van der Waals surface area contributed by atoms with Crippen molar-refractivity contribution in [2.45, 2.75) is 57.6 Å². The van der Waals surface area contributed by atoms with Gasteiger partial charge >= 0.3 is 0 Å². The molecule has 4 aliphatic carbocycles. The van der Waals surface area contributed by atoms with Gasteiger partial charge in [-0.2, -0.15) is 0 Å². The van der Waals surface area contributed by atoms with E-state index in [2.05, 4.69) is 22.3 Å². The number of β-amino-alcohol motifs (C(OH)–C–C–N with tert-alkyl or cyclic N) is 1. The van der Waals surface area contributed by atoms with Gasteiger partial charge in [0.05, 0.1) is 7.11 Å². The fourth-order valence-corrected chi connectivity index (χ4v) is 7.20. The summed E-state index contributed by atoms with van der Waals surface area (Å²) in [7, 11) is 1.67. The Balaban J connectivity index is 1.12. The number of aliphatic hydroxyl groups is 1. The van der Waals surface area contributed by atoms with Gasteiger partial charge in [0.15, 0.2) is 11.5 Å². The summed E-state index contributed by atoms with van der Waals surface area (Å²) >= 11 is 0. The minimum atomic E-state index is -0.471. The molecular weight excluding hydrogens is 388 g/mol. The molecule has 0 aromatic heterocycles. The number of hydrogen-bond donors (Lipinski definition) is 2. The topological polar surface area (TPSA) is 54.0 Å². The number of nitrogens with zero attached hydrogens (tertiary/aromatic N) is 1. The van der Waals surface area contributed by atoms with Crippen LogP contribution in [0.25, 0.3) is 0 Å². The van der Waals surface area contributed by atoms with Crippen LogP contribution in [-0.2, 0) is 6.54 Å². The number of nitrogens with one attached hydrogen (secondary N) is 1. The van der Waals surface area contributed by atoms with Crippen LogP contribution in [0.15, 0.2) is 18.2 Å². The molecule has 0 amide bonds. The van der Waals surface area contributed by atoms with E-state index in [1.54, 1.807) is 7.11 Å². The molecule has 4 bridgehead atoms. The molecule has 0 spiro atoms. The van der Waals surface area contributed by atoms with Crippen molar-refractivity contribution < 1.29 is 14.6 Å². The van der Waals surface area contributed by atoms with Gasteiger partial charge in [0.2, 0.25) is 0 Å². The van der Waals surface area contributed by atoms with Crippen LogP contribution in [0.1, 0.15) is 50.5 Å². The van der Waals surface area contributed by atoms with E-state index in [4.69, 9.17) is 9.47 Å². The number of aliphatic hydroxyl groups excluding tert-OH is 1. The first-order valence-electron chi connectivity index (χ1n) is 12.6. The Morgan fingerprint density at radius 1 is 1.03 bits per heavy atom. The lowest BCUT2D eigenvalue weighted by Gasteiger charge is -2.54. The third kappa shape index (κ3) is 5.04. The Hall–Kier alpha value is -1.30. The van der Waals surface area contributed by atoms with Crippen LogP contribution in [0.4, 0.5) is 0 Å². The molecule has 172 valence electrons. The van der Waals surface area contributed by atoms with Crippen molar-refractivity contribution in [2.24, 2.45) is 29.6 Å². The predicted octanol–water partition coefficient (Wildman–Crippen LogP) is 3.69. The Bertz CT molecular complexity index is 705. The van der Waals surface area contributed by atoms with Crippen molar-refractivity contribution in [1.29, 1.82) is 0 Å². The molecule has 5 heteroatoms. The zero-order chi connectivity index (χ0) is 21.2. The molecule has 2 N–H and O–H groups in total. The van der Waals surface area contributed by atoms with E-state index in [-0.39, 0.29) is 0 Å². The lowest BCUT2D eigenvalue weighted by molar-refractivity contribution is -0.0355. The first-order chi connectivity index (χ1) is 15.2. The summed E-state index contributed by atoms with van der Waals surface area (Å²) < 4.78 is 11.5. The fourth-order valence-electron chi connectivity index (χ4n) is 7.20. The van der Waals surface area contributed by atoms with E-state index in [0.717, 1.165) is 67.3 Å². The Kier molecular flexibility index (Phi) is 6.73. The summed E-state index contributed by atoms with van der Waals surface area (Å²) in [5.74, 6) is 6.37. The number of rotatable bonds is 10. The van der Waals surface area contributed by atoms with E-state index < -0.39 is 6.10 Å². The van der Waals surface area contributed by atoms with E-state index in [9.17, 15) is 5.11 Å². The zero-order valence-electron chi connectivity index (χ0n) is 19.1. The van der Waals surface area contributed by atoms with Crippen LogP contribution in [0, 0.1) is 29.6 Å². The van der Waals surface area contributed by atoms with Gasteiger partial charge in [0, 0.05) is 13.1 Å². The van der Waals surface area contributed by atoms with E-state index >= 15 is 0 Å². The van der Waals surface area contributed by atoms with Crippen LogP contribution < -0.4 is 14.8 Å². The lowest BCUT2D eigenvalue weighted by Crippen LogP contribution is -2.48. The fraction of sp³-hybridized carbons (Fsp3) is 0.769. The number of benzene rings is 1. The Labute approximate surface area is 187 Å². The van der Waals surface area contributed by atoms with Gasteiger partial charge in [-0.25, -0.2) is 0 Å². The SMILES string of the molecule is COc1ccc(CNCC2C3CC4CC(C3)CC2C4)cc1OC[C@@H](O)CN1CCCC1. The maximum atomic E-state index is 10.4. The summed E-state index contributed by atoms with van der Waals surface area (Å²) in [5, 5.41) is 14.1. The van der Waals surface area contributed by atoms with Crippen molar-refractivity contribution in [2.75, 3.05) is 39.9 Å². The number of methoxy groups -OCH3 is 1. The monoisotopic (exact) mass is 428 g/mol. The third-order valence-electron chi connectivity index (χ3n) is 8.46. The van der Waals surface area contributed by atoms with E-state index in [1.165, 1.54) is 50.5 Å². The second-order valence-corrected chi connectivity index (χ2v) is 10.7. The minimum absolute atomic E-state index is 0.303. The molecule has 1 atom stereocenters. The minimum Gasteiger partial charge on any atom is -0.493 e. The van der Waals surface area contributed by atoms with Gasteiger partial charge in [-0.3, -0.25) is 0 Å². The van der Waals surface area contributed by atoms with Crippen LogP contribution >= 0.6 is 0 Å². The van der Waals surface area contributed by atoms with Gasteiger partial charge < -0.3 is 24.8 Å². The average Bonchev–Trinajstić information content (AvgIpc) is 3.27. The normalized spacial score (nSPS) is 33.0. The van der Waals surface area contributed by atoms with Crippen LogP contribution in [0.3, 0.4) is 0 Å². The molecule has 5 aliphatic rings. The predicted molar refractivity (Wildman–Crippen MR) is 122 cm³/mol. The molecule has 6 rings (SSSR count). The quantitative estimate of drug-likeness (QED) is 0.595. The molecule has 1 aromatic carbocycles. The highest BCUT2D eigenvalue weighted by Crippen LogP contribution is 2.56.